The van der Waals surface area contributed by atoms with Crippen molar-refractivity contribution in [1.29, 1.82) is 0 Å². The number of rotatable bonds is 7. The van der Waals surface area contributed by atoms with E-state index in [1.54, 1.807) is 36.4 Å². The minimum atomic E-state index is -0.654. The van der Waals surface area contributed by atoms with Crippen molar-refractivity contribution in [2.75, 3.05) is 13.2 Å². The Morgan fingerprint density at radius 3 is 2.11 bits per heavy atom. The summed E-state index contributed by atoms with van der Waals surface area (Å²) in [6, 6.07) is 22.1. The predicted octanol–water partition coefficient (Wildman–Crippen LogP) is 4.80. The lowest BCUT2D eigenvalue weighted by Gasteiger charge is -2.11. The molecule has 0 radical (unpaired) electrons. The van der Waals surface area contributed by atoms with Gasteiger partial charge in [-0.25, -0.2) is 9.59 Å². The Labute approximate surface area is 167 Å². The van der Waals surface area contributed by atoms with Crippen LogP contribution in [0.15, 0.2) is 78.9 Å². The molecular formula is C22H17ClO5. The maximum Gasteiger partial charge on any atom is 0.345 e. The summed E-state index contributed by atoms with van der Waals surface area (Å²) >= 11 is 6.02. The molecule has 3 aromatic rings. The number of esters is 2. The van der Waals surface area contributed by atoms with Crippen LogP contribution >= 0.6 is 11.6 Å². The second-order valence-corrected chi connectivity index (χ2v) is 6.07. The topological polar surface area (TPSA) is 61.8 Å². The highest BCUT2D eigenvalue weighted by molar-refractivity contribution is 6.33. The Bertz CT molecular complexity index is 956. The van der Waals surface area contributed by atoms with E-state index in [9.17, 15) is 9.59 Å². The van der Waals surface area contributed by atoms with Gasteiger partial charge >= 0.3 is 11.9 Å². The number of carbonyl (C=O) groups excluding carboxylic acids is 2. The maximum atomic E-state index is 12.4. The Hall–Kier alpha value is -3.31. The minimum absolute atomic E-state index is 0.0561. The number of para-hydroxylation sites is 2. The van der Waals surface area contributed by atoms with Crippen LogP contribution in [0.5, 0.6) is 11.5 Å². The molecule has 0 amide bonds. The van der Waals surface area contributed by atoms with Gasteiger partial charge in [-0.1, -0.05) is 54.1 Å². The third-order valence-electron chi connectivity index (χ3n) is 3.73. The molecule has 0 aromatic heterocycles. The lowest BCUT2D eigenvalue weighted by Crippen LogP contribution is -2.15. The van der Waals surface area contributed by atoms with Crippen molar-refractivity contribution in [3.63, 3.8) is 0 Å². The third-order valence-corrected chi connectivity index (χ3v) is 4.06. The number of carbonyl (C=O) groups is 2. The second-order valence-electron chi connectivity index (χ2n) is 5.66. The van der Waals surface area contributed by atoms with Crippen LogP contribution in [0.1, 0.15) is 20.7 Å². The van der Waals surface area contributed by atoms with Crippen LogP contribution in [-0.2, 0) is 4.74 Å². The molecule has 28 heavy (non-hydrogen) atoms. The third kappa shape index (κ3) is 5.11. The Morgan fingerprint density at radius 2 is 1.36 bits per heavy atom. The highest BCUT2D eigenvalue weighted by atomic mass is 35.5. The SMILES string of the molecule is O=C(Oc1ccccc1C(=O)OCCOc1ccccc1)c1ccccc1Cl. The number of ether oxygens (including phenoxy) is 3. The van der Waals surface area contributed by atoms with Gasteiger partial charge in [0.1, 0.15) is 30.3 Å². The Kier molecular flexibility index (Phi) is 6.65. The molecule has 0 aliphatic rings. The van der Waals surface area contributed by atoms with Gasteiger partial charge in [0.15, 0.2) is 0 Å². The zero-order valence-corrected chi connectivity index (χ0v) is 15.6. The number of benzene rings is 3. The van der Waals surface area contributed by atoms with Crippen LogP contribution in [-0.4, -0.2) is 25.2 Å². The molecule has 0 heterocycles. The smallest absolute Gasteiger partial charge is 0.345 e. The molecule has 5 nitrogen and oxygen atoms in total. The molecule has 0 N–H and O–H groups in total. The van der Waals surface area contributed by atoms with Gasteiger partial charge in [-0.3, -0.25) is 0 Å². The maximum absolute atomic E-state index is 12.4. The number of halogens is 1. The van der Waals surface area contributed by atoms with E-state index < -0.39 is 11.9 Å². The first-order chi connectivity index (χ1) is 13.6. The highest BCUT2D eigenvalue weighted by Gasteiger charge is 2.18. The summed E-state index contributed by atoms with van der Waals surface area (Å²) in [5.74, 6) is -0.480. The normalized spacial score (nSPS) is 10.2. The fourth-order valence-corrected chi connectivity index (χ4v) is 2.61. The molecule has 0 fully saturated rings. The van der Waals surface area contributed by atoms with Crippen LogP contribution in [0.3, 0.4) is 0 Å². The lowest BCUT2D eigenvalue weighted by molar-refractivity contribution is 0.0445. The van der Waals surface area contributed by atoms with E-state index in [0.29, 0.717) is 5.75 Å². The number of hydrogen-bond acceptors (Lipinski definition) is 5. The van der Waals surface area contributed by atoms with Crippen LogP contribution in [0.2, 0.25) is 5.02 Å². The fourth-order valence-electron chi connectivity index (χ4n) is 2.39. The number of hydrogen-bond donors (Lipinski definition) is 0. The standard InChI is InChI=1S/C22H17ClO5/c23-19-12-6-4-10-17(19)22(25)28-20-13-7-5-11-18(20)21(24)27-15-14-26-16-8-2-1-3-9-16/h1-13H,14-15H2. The van der Waals surface area contributed by atoms with E-state index in [0.717, 1.165) is 0 Å². The van der Waals surface area contributed by atoms with E-state index in [1.807, 2.05) is 30.3 Å². The molecular weight excluding hydrogens is 380 g/mol. The zero-order chi connectivity index (χ0) is 19.8. The monoisotopic (exact) mass is 396 g/mol. The first-order valence-electron chi connectivity index (χ1n) is 8.56. The zero-order valence-electron chi connectivity index (χ0n) is 14.8. The summed E-state index contributed by atoms with van der Waals surface area (Å²) in [7, 11) is 0. The van der Waals surface area contributed by atoms with Gasteiger partial charge < -0.3 is 14.2 Å². The van der Waals surface area contributed by atoms with Crippen LogP contribution in [0, 0.1) is 0 Å². The molecule has 0 saturated carbocycles. The molecule has 6 heteroatoms. The van der Waals surface area contributed by atoms with E-state index in [2.05, 4.69) is 0 Å². The van der Waals surface area contributed by atoms with Crippen molar-refractivity contribution in [3.8, 4) is 11.5 Å². The van der Waals surface area contributed by atoms with E-state index in [1.165, 1.54) is 12.1 Å². The van der Waals surface area contributed by atoms with Crippen molar-refractivity contribution in [2.45, 2.75) is 0 Å². The van der Waals surface area contributed by atoms with E-state index in [-0.39, 0.29) is 35.1 Å². The molecule has 0 atom stereocenters. The molecule has 3 rings (SSSR count). The van der Waals surface area contributed by atoms with Gasteiger partial charge in [-0.2, -0.15) is 0 Å². The first-order valence-corrected chi connectivity index (χ1v) is 8.93. The highest BCUT2D eigenvalue weighted by Crippen LogP contribution is 2.22. The summed E-state index contributed by atoms with van der Waals surface area (Å²) in [6.45, 7) is 0.262. The van der Waals surface area contributed by atoms with Crippen molar-refractivity contribution in [1.82, 2.24) is 0 Å². The predicted molar refractivity (Wildman–Crippen MR) is 105 cm³/mol. The minimum Gasteiger partial charge on any atom is -0.490 e. The summed E-state index contributed by atoms with van der Waals surface area (Å²) in [5.41, 5.74) is 0.353. The van der Waals surface area contributed by atoms with Gasteiger partial charge in [0, 0.05) is 0 Å². The Morgan fingerprint density at radius 1 is 0.714 bits per heavy atom. The molecule has 0 spiro atoms. The van der Waals surface area contributed by atoms with Crippen LogP contribution in [0.4, 0.5) is 0 Å². The van der Waals surface area contributed by atoms with E-state index in [4.69, 9.17) is 25.8 Å². The molecule has 0 aliphatic heterocycles. The molecule has 0 saturated heterocycles. The Balaban J connectivity index is 1.60. The summed E-state index contributed by atoms with van der Waals surface area (Å²) in [6.07, 6.45) is 0. The fraction of sp³-hybridized carbons (Fsp3) is 0.0909. The summed E-state index contributed by atoms with van der Waals surface area (Å²) < 4.78 is 16.1. The van der Waals surface area contributed by atoms with E-state index >= 15 is 0 Å². The quantitative estimate of drug-likeness (QED) is 0.326. The summed E-state index contributed by atoms with van der Waals surface area (Å²) in [4.78, 5) is 24.7. The van der Waals surface area contributed by atoms with Gasteiger partial charge in [0.25, 0.3) is 0 Å². The molecule has 142 valence electrons. The molecule has 0 unspecified atom stereocenters. The lowest BCUT2D eigenvalue weighted by atomic mass is 10.2. The van der Waals surface area contributed by atoms with Gasteiger partial charge in [0.2, 0.25) is 0 Å². The van der Waals surface area contributed by atoms with Gasteiger partial charge in [0.05, 0.1) is 10.6 Å². The van der Waals surface area contributed by atoms with Crippen LogP contribution in [0.25, 0.3) is 0 Å². The second kappa shape index (κ2) is 9.58. The molecule has 0 aliphatic carbocycles. The van der Waals surface area contributed by atoms with Crippen molar-refractivity contribution in [2.24, 2.45) is 0 Å². The average Bonchev–Trinajstić information content (AvgIpc) is 2.72. The summed E-state index contributed by atoms with van der Waals surface area (Å²) in [5, 5.41) is 0.269. The van der Waals surface area contributed by atoms with Crippen molar-refractivity contribution in [3.05, 3.63) is 95.0 Å². The average molecular weight is 397 g/mol. The van der Waals surface area contributed by atoms with Crippen molar-refractivity contribution >= 4 is 23.5 Å². The molecule has 0 bridgehead atoms. The van der Waals surface area contributed by atoms with Crippen molar-refractivity contribution < 1.29 is 23.8 Å². The van der Waals surface area contributed by atoms with Gasteiger partial charge in [-0.05, 0) is 36.4 Å². The first kappa shape index (κ1) is 19.5. The largest absolute Gasteiger partial charge is 0.490 e. The van der Waals surface area contributed by atoms with Gasteiger partial charge in [-0.15, -0.1) is 0 Å². The molecule has 3 aromatic carbocycles. The van der Waals surface area contributed by atoms with Crippen LogP contribution < -0.4 is 9.47 Å².